The van der Waals surface area contributed by atoms with Gasteiger partial charge in [-0.25, -0.2) is 0 Å². The van der Waals surface area contributed by atoms with Crippen LogP contribution in [0.1, 0.15) is 19.5 Å². The number of ether oxygens (including phenoxy) is 2. The number of rotatable bonds is 7. The first-order chi connectivity index (χ1) is 7.72. The number of nitrogens with zero attached hydrogens (tertiary/aromatic N) is 2. The van der Waals surface area contributed by atoms with Gasteiger partial charge in [0, 0.05) is 12.6 Å². The van der Waals surface area contributed by atoms with Gasteiger partial charge in [0.05, 0.1) is 18.4 Å². The van der Waals surface area contributed by atoms with Gasteiger partial charge in [0.25, 0.3) is 0 Å². The zero-order chi connectivity index (χ0) is 11.8. The summed E-state index contributed by atoms with van der Waals surface area (Å²) in [6.45, 7) is 5.76. The molecule has 0 aromatic carbocycles. The average molecular weight is 225 g/mol. The van der Waals surface area contributed by atoms with E-state index in [4.69, 9.17) is 9.47 Å². The zero-order valence-electron chi connectivity index (χ0n) is 10.1. The first kappa shape index (κ1) is 12.9. The Morgan fingerprint density at radius 2 is 2.06 bits per heavy atom. The van der Waals surface area contributed by atoms with Crippen molar-refractivity contribution in [3.8, 4) is 5.88 Å². The molecule has 0 unspecified atom stereocenters. The summed E-state index contributed by atoms with van der Waals surface area (Å²) < 4.78 is 10.7. The molecule has 0 aliphatic rings. The molecular weight excluding hydrogens is 206 g/mol. The summed E-state index contributed by atoms with van der Waals surface area (Å²) in [4.78, 5) is 0. The average Bonchev–Trinajstić information content (AvgIpc) is 2.27. The molecule has 0 aliphatic heterocycles. The lowest BCUT2D eigenvalue weighted by Crippen LogP contribution is -2.12. The van der Waals surface area contributed by atoms with Gasteiger partial charge in [-0.2, -0.15) is 5.10 Å². The number of hydrogen-bond acceptors (Lipinski definition) is 5. The van der Waals surface area contributed by atoms with Crippen LogP contribution in [0.5, 0.6) is 5.88 Å². The Morgan fingerprint density at radius 1 is 1.25 bits per heavy atom. The van der Waals surface area contributed by atoms with E-state index in [1.165, 1.54) is 0 Å². The Kier molecular flexibility index (Phi) is 5.74. The molecule has 0 bridgehead atoms. The summed E-state index contributed by atoms with van der Waals surface area (Å²) in [6.07, 6.45) is 0.229. The van der Waals surface area contributed by atoms with Crippen LogP contribution >= 0.6 is 0 Å². The summed E-state index contributed by atoms with van der Waals surface area (Å²) in [7, 11) is 1.87. The van der Waals surface area contributed by atoms with E-state index in [-0.39, 0.29) is 6.10 Å². The lowest BCUT2D eigenvalue weighted by molar-refractivity contribution is 0.0540. The molecule has 1 N–H and O–H groups in total. The molecule has 0 amide bonds. The molecule has 0 fully saturated rings. The van der Waals surface area contributed by atoms with E-state index in [2.05, 4.69) is 15.5 Å². The number of nitrogens with one attached hydrogen (secondary N) is 1. The summed E-state index contributed by atoms with van der Waals surface area (Å²) in [5.74, 6) is 0.534. The van der Waals surface area contributed by atoms with Crippen LogP contribution in [0.15, 0.2) is 12.1 Å². The molecule has 5 nitrogen and oxygen atoms in total. The lowest BCUT2D eigenvalue weighted by Gasteiger charge is -2.08. The fourth-order valence-corrected chi connectivity index (χ4v) is 1.13. The van der Waals surface area contributed by atoms with Crippen LogP contribution in [0.2, 0.25) is 0 Å². The van der Waals surface area contributed by atoms with E-state index in [9.17, 15) is 0 Å². The normalized spacial score (nSPS) is 10.8. The van der Waals surface area contributed by atoms with Crippen molar-refractivity contribution in [2.24, 2.45) is 0 Å². The molecule has 5 heteroatoms. The molecule has 0 atom stereocenters. The number of hydrogen-bond donors (Lipinski definition) is 1. The summed E-state index contributed by atoms with van der Waals surface area (Å²) in [5.41, 5.74) is 0.897. The van der Waals surface area contributed by atoms with Crippen LogP contribution in [-0.2, 0) is 11.3 Å². The van der Waals surface area contributed by atoms with Gasteiger partial charge in [-0.3, -0.25) is 0 Å². The van der Waals surface area contributed by atoms with E-state index in [0.29, 0.717) is 25.6 Å². The molecule has 0 radical (unpaired) electrons. The quantitative estimate of drug-likeness (QED) is 0.702. The highest BCUT2D eigenvalue weighted by molar-refractivity contribution is 5.11. The summed E-state index contributed by atoms with van der Waals surface area (Å²) in [5, 5.41) is 11.0. The van der Waals surface area contributed by atoms with Gasteiger partial charge in [-0.05, 0) is 27.0 Å². The predicted molar refractivity (Wildman–Crippen MR) is 61.4 cm³/mol. The molecule has 0 aliphatic carbocycles. The first-order valence-electron chi connectivity index (χ1n) is 5.44. The van der Waals surface area contributed by atoms with Crippen LogP contribution in [0.3, 0.4) is 0 Å². The van der Waals surface area contributed by atoms with Gasteiger partial charge in [-0.1, -0.05) is 0 Å². The lowest BCUT2D eigenvalue weighted by atomic mass is 10.4. The highest BCUT2D eigenvalue weighted by atomic mass is 16.5. The van der Waals surface area contributed by atoms with Gasteiger partial charge in [0.1, 0.15) is 6.61 Å². The minimum absolute atomic E-state index is 0.229. The van der Waals surface area contributed by atoms with Crippen molar-refractivity contribution in [3.05, 3.63) is 17.8 Å². The predicted octanol–water partition coefficient (Wildman–Crippen LogP) is 1.000. The number of aromatic nitrogens is 2. The maximum atomic E-state index is 5.37. The van der Waals surface area contributed by atoms with Gasteiger partial charge < -0.3 is 14.8 Å². The van der Waals surface area contributed by atoms with Crippen LogP contribution in [0.4, 0.5) is 0 Å². The fraction of sp³-hybridized carbons (Fsp3) is 0.636. The fourth-order valence-electron chi connectivity index (χ4n) is 1.13. The van der Waals surface area contributed by atoms with Crippen LogP contribution in [-0.4, -0.2) is 36.6 Å². The van der Waals surface area contributed by atoms with Crippen molar-refractivity contribution < 1.29 is 9.47 Å². The van der Waals surface area contributed by atoms with Crippen LogP contribution in [0, 0.1) is 0 Å². The SMILES string of the molecule is CNCc1ccc(OCCOC(C)C)nn1. The van der Waals surface area contributed by atoms with Crippen molar-refractivity contribution in [2.45, 2.75) is 26.5 Å². The van der Waals surface area contributed by atoms with E-state index in [1.807, 2.05) is 33.0 Å². The second kappa shape index (κ2) is 7.14. The third-order valence-corrected chi connectivity index (χ3v) is 1.84. The van der Waals surface area contributed by atoms with Gasteiger partial charge in [0.15, 0.2) is 0 Å². The smallest absolute Gasteiger partial charge is 0.233 e. The maximum absolute atomic E-state index is 5.37. The second-order valence-electron chi connectivity index (χ2n) is 3.66. The Labute approximate surface area is 96.2 Å². The van der Waals surface area contributed by atoms with Gasteiger partial charge in [-0.15, -0.1) is 5.10 Å². The Bertz CT molecular complexity index is 288. The van der Waals surface area contributed by atoms with E-state index >= 15 is 0 Å². The third-order valence-electron chi connectivity index (χ3n) is 1.84. The van der Waals surface area contributed by atoms with Gasteiger partial charge in [0.2, 0.25) is 5.88 Å². The van der Waals surface area contributed by atoms with Gasteiger partial charge >= 0.3 is 0 Å². The summed E-state index contributed by atoms with van der Waals surface area (Å²) >= 11 is 0. The molecule has 0 saturated carbocycles. The molecule has 1 aromatic rings. The zero-order valence-corrected chi connectivity index (χ0v) is 10.1. The Balaban J connectivity index is 2.26. The van der Waals surface area contributed by atoms with Crippen LogP contribution in [0.25, 0.3) is 0 Å². The molecule has 16 heavy (non-hydrogen) atoms. The van der Waals surface area contributed by atoms with Crippen molar-refractivity contribution in [1.29, 1.82) is 0 Å². The monoisotopic (exact) mass is 225 g/mol. The Morgan fingerprint density at radius 3 is 2.62 bits per heavy atom. The standard InChI is InChI=1S/C11H19N3O2/c1-9(2)15-6-7-16-11-5-4-10(8-12-3)13-14-11/h4-5,9,12H,6-8H2,1-3H3. The molecule has 90 valence electrons. The molecule has 1 aromatic heterocycles. The van der Waals surface area contributed by atoms with Crippen molar-refractivity contribution >= 4 is 0 Å². The molecule has 0 saturated heterocycles. The first-order valence-corrected chi connectivity index (χ1v) is 5.44. The van der Waals surface area contributed by atoms with Crippen LogP contribution < -0.4 is 10.1 Å². The van der Waals surface area contributed by atoms with Crippen molar-refractivity contribution in [1.82, 2.24) is 15.5 Å². The topological polar surface area (TPSA) is 56.3 Å². The highest BCUT2D eigenvalue weighted by Crippen LogP contribution is 2.04. The summed E-state index contributed by atoms with van der Waals surface area (Å²) in [6, 6.07) is 3.71. The molecule has 1 heterocycles. The minimum atomic E-state index is 0.229. The Hall–Kier alpha value is -1.20. The van der Waals surface area contributed by atoms with E-state index in [1.54, 1.807) is 0 Å². The molecule has 0 spiro atoms. The van der Waals surface area contributed by atoms with E-state index < -0.39 is 0 Å². The van der Waals surface area contributed by atoms with Crippen molar-refractivity contribution in [2.75, 3.05) is 20.3 Å². The minimum Gasteiger partial charge on any atom is -0.474 e. The van der Waals surface area contributed by atoms with Crippen molar-refractivity contribution in [3.63, 3.8) is 0 Å². The largest absolute Gasteiger partial charge is 0.474 e. The maximum Gasteiger partial charge on any atom is 0.233 e. The molecular formula is C11H19N3O2. The van der Waals surface area contributed by atoms with E-state index in [0.717, 1.165) is 5.69 Å². The molecule has 1 rings (SSSR count). The second-order valence-corrected chi connectivity index (χ2v) is 3.66. The highest BCUT2D eigenvalue weighted by Gasteiger charge is 1.98. The third kappa shape index (κ3) is 5.04.